The van der Waals surface area contributed by atoms with Gasteiger partial charge in [0.2, 0.25) is 0 Å². The van der Waals surface area contributed by atoms with Gasteiger partial charge in [-0.05, 0) is 37.7 Å². The fourth-order valence-corrected chi connectivity index (χ4v) is 3.00. The SMILES string of the molecule is C[N+](C)(CCCCc1ccccc1)CCCCS(=O)(=O)[O-]. The van der Waals surface area contributed by atoms with Crippen LogP contribution in [-0.4, -0.2) is 50.4 Å². The molecule has 0 aliphatic rings. The fourth-order valence-electron chi connectivity index (χ4n) is 2.44. The number of benzene rings is 1. The minimum atomic E-state index is -4.05. The maximum absolute atomic E-state index is 10.5. The van der Waals surface area contributed by atoms with E-state index in [0.717, 1.165) is 36.8 Å². The normalized spacial score (nSPS) is 12.5. The molecule has 0 bridgehead atoms. The average molecular weight is 313 g/mol. The molecule has 1 aromatic rings. The summed E-state index contributed by atoms with van der Waals surface area (Å²) >= 11 is 0. The Hall–Kier alpha value is -0.910. The van der Waals surface area contributed by atoms with Crippen molar-refractivity contribution < 1.29 is 17.5 Å². The molecule has 4 nitrogen and oxygen atoms in total. The van der Waals surface area contributed by atoms with E-state index in [9.17, 15) is 13.0 Å². The Morgan fingerprint density at radius 3 is 2.10 bits per heavy atom. The molecular formula is C16H27NO3S. The van der Waals surface area contributed by atoms with E-state index in [2.05, 4.69) is 38.4 Å². The summed E-state index contributed by atoms with van der Waals surface area (Å²) in [4.78, 5) is 0. The van der Waals surface area contributed by atoms with Gasteiger partial charge in [-0.15, -0.1) is 0 Å². The third-order valence-corrected chi connectivity index (χ3v) is 4.52. The van der Waals surface area contributed by atoms with E-state index in [-0.39, 0.29) is 5.75 Å². The summed E-state index contributed by atoms with van der Waals surface area (Å²) in [5.41, 5.74) is 1.38. The summed E-state index contributed by atoms with van der Waals surface area (Å²) in [5.74, 6) is -0.235. The monoisotopic (exact) mass is 313 g/mol. The zero-order chi connectivity index (χ0) is 15.8. The van der Waals surface area contributed by atoms with Crippen molar-refractivity contribution in [2.45, 2.75) is 32.1 Å². The van der Waals surface area contributed by atoms with Gasteiger partial charge >= 0.3 is 0 Å². The molecule has 5 heteroatoms. The van der Waals surface area contributed by atoms with Crippen LogP contribution >= 0.6 is 0 Å². The molecule has 0 amide bonds. The number of hydrogen-bond donors (Lipinski definition) is 0. The maximum Gasteiger partial charge on any atom is 0.0945 e. The van der Waals surface area contributed by atoms with Crippen molar-refractivity contribution in [2.24, 2.45) is 0 Å². The van der Waals surface area contributed by atoms with Gasteiger partial charge in [-0.1, -0.05) is 30.3 Å². The third kappa shape index (κ3) is 9.61. The Morgan fingerprint density at radius 2 is 1.52 bits per heavy atom. The number of unbranched alkanes of at least 4 members (excludes halogenated alkanes) is 2. The van der Waals surface area contributed by atoms with Gasteiger partial charge in [0.1, 0.15) is 0 Å². The van der Waals surface area contributed by atoms with Crippen LogP contribution < -0.4 is 0 Å². The predicted octanol–water partition coefficient (Wildman–Crippen LogP) is 2.41. The molecule has 21 heavy (non-hydrogen) atoms. The van der Waals surface area contributed by atoms with Crippen LogP contribution in [0, 0.1) is 0 Å². The lowest BCUT2D eigenvalue weighted by atomic mass is 10.1. The average Bonchev–Trinajstić information content (AvgIpc) is 2.40. The van der Waals surface area contributed by atoms with E-state index in [0.29, 0.717) is 6.42 Å². The highest BCUT2D eigenvalue weighted by Gasteiger charge is 2.14. The van der Waals surface area contributed by atoms with E-state index in [1.165, 1.54) is 12.0 Å². The zero-order valence-electron chi connectivity index (χ0n) is 13.1. The molecule has 0 atom stereocenters. The van der Waals surface area contributed by atoms with E-state index in [1.807, 2.05) is 6.07 Å². The molecule has 0 radical (unpaired) electrons. The molecule has 0 fully saturated rings. The van der Waals surface area contributed by atoms with Gasteiger partial charge in [0, 0.05) is 5.75 Å². The van der Waals surface area contributed by atoms with Crippen LogP contribution in [0.15, 0.2) is 30.3 Å². The topological polar surface area (TPSA) is 57.2 Å². The van der Waals surface area contributed by atoms with Crippen molar-refractivity contribution in [1.29, 1.82) is 0 Å². The van der Waals surface area contributed by atoms with Crippen LogP contribution in [0.25, 0.3) is 0 Å². The second-order valence-electron chi connectivity index (χ2n) is 6.29. The standard InChI is InChI=1S/C16H27NO3S/c1-17(2,14-8-9-15-21(18,19)20)13-7-6-12-16-10-4-3-5-11-16/h3-5,10-11H,6-9,12-15H2,1-2H3. The van der Waals surface area contributed by atoms with Crippen LogP contribution in [0.3, 0.4) is 0 Å². The van der Waals surface area contributed by atoms with Crippen molar-refractivity contribution in [3.8, 4) is 0 Å². The lowest BCUT2D eigenvalue weighted by Gasteiger charge is -2.30. The molecule has 0 unspecified atom stereocenters. The van der Waals surface area contributed by atoms with Gasteiger partial charge in [0.25, 0.3) is 0 Å². The van der Waals surface area contributed by atoms with Crippen molar-refractivity contribution in [3.63, 3.8) is 0 Å². The summed E-state index contributed by atoms with van der Waals surface area (Å²) < 4.78 is 32.5. The first kappa shape index (κ1) is 18.1. The Labute approximate surface area is 129 Å². The second kappa shape index (κ2) is 8.51. The van der Waals surface area contributed by atoms with E-state index in [4.69, 9.17) is 0 Å². The molecular weight excluding hydrogens is 286 g/mol. The number of nitrogens with zero attached hydrogens (tertiary/aromatic N) is 1. The smallest absolute Gasteiger partial charge is 0.0945 e. The Morgan fingerprint density at radius 1 is 0.952 bits per heavy atom. The molecule has 0 spiro atoms. The molecule has 0 saturated heterocycles. The number of hydrogen-bond acceptors (Lipinski definition) is 3. The summed E-state index contributed by atoms with van der Waals surface area (Å²) in [6.45, 7) is 2.00. The highest BCUT2D eigenvalue weighted by Crippen LogP contribution is 2.09. The van der Waals surface area contributed by atoms with Crippen LogP contribution in [0.4, 0.5) is 0 Å². The molecule has 0 aromatic heterocycles. The summed E-state index contributed by atoms with van der Waals surface area (Å²) in [6, 6.07) is 10.5. The summed E-state index contributed by atoms with van der Waals surface area (Å²) in [5, 5.41) is 0. The van der Waals surface area contributed by atoms with Crippen molar-refractivity contribution in [1.82, 2.24) is 0 Å². The van der Waals surface area contributed by atoms with Gasteiger partial charge in [-0.3, -0.25) is 0 Å². The van der Waals surface area contributed by atoms with Crippen LogP contribution in [-0.2, 0) is 16.5 Å². The van der Waals surface area contributed by atoms with E-state index < -0.39 is 10.1 Å². The van der Waals surface area contributed by atoms with Gasteiger partial charge in [0.05, 0.1) is 37.3 Å². The van der Waals surface area contributed by atoms with Gasteiger partial charge in [-0.25, -0.2) is 8.42 Å². The van der Waals surface area contributed by atoms with Crippen molar-refractivity contribution in [2.75, 3.05) is 32.9 Å². The van der Waals surface area contributed by atoms with Gasteiger partial charge in [-0.2, -0.15) is 0 Å². The predicted molar refractivity (Wildman–Crippen MR) is 85.0 cm³/mol. The largest absolute Gasteiger partial charge is 0.748 e. The summed E-state index contributed by atoms with van der Waals surface area (Å²) in [6.07, 6.45) is 4.68. The Balaban J connectivity index is 2.14. The first-order valence-electron chi connectivity index (χ1n) is 7.58. The second-order valence-corrected chi connectivity index (χ2v) is 7.82. The van der Waals surface area contributed by atoms with Gasteiger partial charge in [0.15, 0.2) is 0 Å². The fraction of sp³-hybridized carbons (Fsp3) is 0.625. The number of aryl methyl sites for hydroxylation is 1. The van der Waals surface area contributed by atoms with Crippen LogP contribution in [0.2, 0.25) is 0 Å². The lowest BCUT2D eigenvalue weighted by molar-refractivity contribution is -0.890. The first-order valence-corrected chi connectivity index (χ1v) is 9.16. The maximum atomic E-state index is 10.5. The Bertz CT molecular complexity index is 498. The molecule has 0 saturated carbocycles. The Kier molecular flexibility index (Phi) is 7.35. The van der Waals surface area contributed by atoms with Crippen LogP contribution in [0.1, 0.15) is 31.2 Å². The van der Waals surface area contributed by atoms with Gasteiger partial charge < -0.3 is 9.04 Å². The number of rotatable bonds is 10. The quantitative estimate of drug-likeness (QED) is 0.379. The molecule has 0 aliphatic carbocycles. The highest BCUT2D eigenvalue weighted by atomic mass is 32.2. The molecule has 1 aromatic carbocycles. The van der Waals surface area contributed by atoms with Crippen LogP contribution in [0.5, 0.6) is 0 Å². The molecule has 120 valence electrons. The lowest BCUT2D eigenvalue weighted by Crippen LogP contribution is -2.41. The third-order valence-electron chi connectivity index (χ3n) is 3.73. The molecule has 0 N–H and O–H groups in total. The van der Waals surface area contributed by atoms with E-state index in [1.54, 1.807) is 0 Å². The minimum Gasteiger partial charge on any atom is -0.748 e. The zero-order valence-corrected chi connectivity index (χ0v) is 13.9. The molecule has 0 aliphatic heterocycles. The molecule has 1 rings (SSSR count). The first-order chi connectivity index (χ1) is 9.79. The highest BCUT2D eigenvalue weighted by molar-refractivity contribution is 7.85. The summed E-state index contributed by atoms with van der Waals surface area (Å²) in [7, 11) is 0.272. The van der Waals surface area contributed by atoms with E-state index >= 15 is 0 Å². The van der Waals surface area contributed by atoms with Crippen molar-refractivity contribution in [3.05, 3.63) is 35.9 Å². The molecule has 0 heterocycles. The van der Waals surface area contributed by atoms with Crippen molar-refractivity contribution >= 4 is 10.1 Å². The minimum absolute atomic E-state index is 0.235. The number of quaternary nitrogens is 1.